The Labute approximate surface area is 195 Å². The van der Waals surface area contributed by atoms with E-state index < -0.39 is 17.9 Å². The number of nitrogens with one attached hydrogen (secondary N) is 1. The number of hydrogen-bond acceptors (Lipinski definition) is 5. The first kappa shape index (κ1) is 22.6. The molecule has 0 radical (unpaired) electrons. The SMILES string of the molecule is NC(=O)/C(=C1\CC(C(=O)O)Nc2cc(Cl)cc(Cl)c21)c1ccc(CN2CCOCC2)cc1. The van der Waals surface area contributed by atoms with Crippen molar-refractivity contribution in [3.63, 3.8) is 0 Å². The monoisotopic (exact) mass is 475 g/mol. The Balaban J connectivity index is 1.76. The number of morpholine rings is 1. The summed E-state index contributed by atoms with van der Waals surface area (Å²) in [4.78, 5) is 26.6. The van der Waals surface area contributed by atoms with Gasteiger partial charge < -0.3 is 20.9 Å². The molecule has 168 valence electrons. The van der Waals surface area contributed by atoms with Crippen LogP contribution in [0.3, 0.4) is 0 Å². The number of aliphatic carboxylic acids is 1. The smallest absolute Gasteiger partial charge is 0.326 e. The maximum absolute atomic E-state index is 12.6. The zero-order chi connectivity index (χ0) is 22.8. The molecule has 2 aliphatic rings. The standard InChI is InChI=1S/C23H23Cl2N3O4/c24-15-9-17(25)21-16(11-19(23(30)31)27-18(21)10-15)20(22(26)29)14-3-1-13(2-4-14)12-28-5-7-32-8-6-28/h1-4,9-10,19,27H,5-8,11-12H2,(H2,26,29)(H,30,31)/b20-16+. The summed E-state index contributed by atoms with van der Waals surface area (Å²) in [5, 5.41) is 13.2. The van der Waals surface area contributed by atoms with Crippen molar-refractivity contribution in [3.8, 4) is 0 Å². The second kappa shape index (κ2) is 9.50. The largest absolute Gasteiger partial charge is 0.480 e. The van der Waals surface area contributed by atoms with E-state index in [0.717, 1.165) is 38.4 Å². The summed E-state index contributed by atoms with van der Waals surface area (Å²) >= 11 is 12.6. The highest BCUT2D eigenvalue weighted by atomic mass is 35.5. The lowest BCUT2D eigenvalue weighted by molar-refractivity contribution is -0.137. The summed E-state index contributed by atoms with van der Waals surface area (Å²) in [6.07, 6.45) is 0.0531. The van der Waals surface area contributed by atoms with Crippen LogP contribution in [0.1, 0.15) is 23.1 Å². The summed E-state index contributed by atoms with van der Waals surface area (Å²) in [6, 6.07) is 9.80. The van der Waals surface area contributed by atoms with Crippen molar-refractivity contribution in [3.05, 3.63) is 63.1 Å². The second-order valence-electron chi connectivity index (χ2n) is 7.85. The lowest BCUT2D eigenvalue weighted by Gasteiger charge is -2.29. The first-order valence-corrected chi connectivity index (χ1v) is 11.0. The number of rotatable bonds is 5. The molecule has 1 amide bonds. The predicted octanol–water partition coefficient (Wildman–Crippen LogP) is 3.49. The molecule has 1 atom stereocenters. The number of carbonyl (C=O) groups excluding carboxylic acids is 1. The van der Waals surface area contributed by atoms with Gasteiger partial charge in [0.2, 0.25) is 5.91 Å². The molecule has 0 spiro atoms. The predicted molar refractivity (Wildman–Crippen MR) is 125 cm³/mol. The van der Waals surface area contributed by atoms with Gasteiger partial charge in [-0.3, -0.25) is 9.69 Å². The van der Waals surface area contributed by atoms with Gasteiger partial charge in [0.15, 0.2) is 0 Å². The molecule has 1 unspecified atom stereocenters. The van der Waals surface area contributed by atoms with Gasteiger partial charge >= 0.3 is 5.97 Å². The van der Waals surface area contributed by atoms with Crippen molar-refractivity contribution in [2.24, 2.45) is 5.73 Å². The van der Waals surface area contributed by atoms with Crippen molar-refractivity contribution in [2.45, 2.75) is 19.0 Å². The number of ether oxygens (including phenoxy) is 1. The van der Waals surface area contributed by atoms with Crippen molar-refractivity contribution in [1.82, 2.24) is 4.90 Å². The van der Waals surface area contributed by atoms with Crippen molar-refractivity contribution >= 4 is 51.9 Å². The number of nitrogens with two attached hydrogens (primary N) is 1. The Kier molecular flexibility index (Phi) is 6.71. The maximum Gasteiger partial charge on any atom is 0.326 e. The number of hydrogen-bond donors (Lipinski definition) is 3. The molecule has 2 aromatic carbocycles. The number of primary amides is 1. The molecular formula is C23H23Cl2N3O4. The lowest BCUT2D eigenvalue weighted by Crippen LogP contribution is -2.35. The van der Waals surface area contributed by atoms with Gasteiger partial charge in [0, 0.05) is 42.3 Å². The molecule has 32 heavy (non-hydrogen) atoms. The highest BCUT2D eigenvalue weighted by Crippen LogP contribution is 2.43. The fourth-order valence-corrected chi connectivity index (χ4v) is 4.78. The van der Waals surface area contributed by atoms with Gasteiger partial charge in [0.05, 0.1) is 23.8 Å². The number of anilines is 1. The van der Waals surface area contributed by atoms with E-state index in [-0.39, 0.29) is 12.0 Å². The third kappa shape index (κ3) is 4.76. The number of nitrogens with zero attached hydrogens (tertiary/aromatic N) is 1. The van der Waals surface area contributed by atoms with Gasteiger partial charge in [-0.05, 0) is 28.8 Å². The van der Waals surface area contributed by atoms with Gasteiger partial charge in [-0.1, -0.05) is 47.5 Å². The van der Waals surface area contributed by atoms with Crippen LogP contribution in [0.4, 0.5) is 5.69 Å². The van der Waals surface area contributed by atoms with E-state index in [0.29, 0.717) is 32.4 Å². The van der Waals surface area contributed by atoms with Crippen LogP contribution in [0, 0.1) is 0 Å². The average molecular weight is 476 g/mol. The van der Waals surface area contributed by atoms with Crippen LogP contribution in [-0.4, -0.2) is 54.2 Å². The molecule has 4 rings (SSSR count). The summed E-state index contributed by atoms with van der Waals surface area (Å²) in [7, 11) is 0. The molecule has 4 N–H and O–H groups in total. The van der Waals surface area contributed by atoms with Gasteiger partial charge in [0.25, 0.3) is 0 Å². The van der Waals surface area contributed by atoms with Crippen LogP contribution in [0.15, 0.2) is 36.4 Å². The third-order valence-electron chi connectivity index (χ3n) is 5.69. The molecule has 1 saturated heterocycles. The van der Waals surface area contributed by atoms with E-state index in [1.54, 1.807) is 12.1 Å². The van der Waals surface area contributed by atoms with Crippen molar-refractivity contribution in [2.75, 3.05) is 31.6 Å². The number of halogens is 2. The molecule has 7 nitrogen and oxygen atoms in total. The normalized spacial score (nSPS) is 20.2. The molecule has 2 aliphatic heterocycles. The minimum absolute atomic E-state index is 0.0531. The van der Waals surface area contributed by atoms with E-state index in [9.17, 15) is 14.7 Å². The zero-order valence-electron chi connectivity index (χ0n) is 17.2. The summed E-state index contributed by atoms with van der Waals surface area (Å²) in [6.45, 7) is 3.97. The van der Waals surface area contributed by atoms with Crippen LogP contribution >= 0.6 is 23.2 Å². The third-order valence-corrected chi connectivity index (χ3v) is 6.21. The highest BCUT2D eigenvalue weighted by Gasteiger charge is 2.32. The number of benzene rings is 2. The molecular weight excluding hydrogens is 453 g/mol. The summed E-state index contributed by atoms with van der Waals surface area (Å²) in [5.74, 6) is -1.70. The summed E-state index contributed by atoms with van der Waals surface area (Å²) < 4.78 is 5.39. The topological polar surface area (TPSA) is 105 Å². The van der Waals surface area contributed by atoms with Gasteiger partial charge in [0.1, 0.15) is 6.04 Å². The zero-order valence-corrected chi connectivity index (χ0v) is 18.7. The molecule has 0 aromatic heterocycles. The lowest BCUT2D eigenvalue weighted by atomic mass is 9.85. The van der Waals surface area contributed by atoms with Crippen LogP contribution in [-0.2, 0) is 20.9 Å². The molecule has 2 aromatic rings. The minimum Gasteiger partial charge on any atom is -0.480 e. The number of carboxylic acids is 1. The Morgan fingerprint density at radius 3 is 2.47 bits per heavy atom. The first-order valence-electron chi connectivity index (χ1n) is 10.2. The highest BCUT2D eigenvalue weighted by molar-refractivity contribution is 6.38. The van der Waals surface area contributed by atoms with Crippen LogP contribution in [0.25, 0.3) is 11.1 Å². The molecule has 2 heterocycles. The fraction of sp³-hybridized carbons (Fsp3) is 0.304. The molecule has 0 aliphatic carbocycles. The van der Waals surface area contributed by atoms with E-state index >= 15 is 0 Å². The number of amides is 1. The van der Waals surface area contributed by atoms with E-state index in [2.05, 4.69) is 10.2 Å². The number of carboxylic acid groups (broad SMARTS) is 1. The summed E-state index contributed by atoms with van der Waals surface area (Å²) in [5.41, 5.74) is 9.24. The Morgan fingerprint density at radius 1 is 1.16 bits per heavy atom. The Hall–Kier alpha value is -2.58. The molecule has 0 bridgehead atoms. The van der Waals surface area contributed by atoms with Crippen LogP contribution < -0.4 is 11.1 Å². The minimum atomic E-state index is -1.05. The molecule has 0 saturated carbocycles. The Morgan fingerprint density at radius 2 is 1.84 bits per heavy atom. The van der Waals surface area contributed by atoms with E-state index in [1.807, 2.05) is 24.3 Å². The first-order chi connectivity index (χ1) is 15.3. The number of carbonyl (C=O) groups is 2. The van der Waals surface area contributed by atoms with Gasteiger partial charge in [-0.25, -0.2) is 4.79 Å². The average Bonchev–Trinajstić information content (AvgIpc) is 2.75. The fourth-order valence-electron chi connectivity index (χ4n) is 4.17. The van der Waals surface area contributed by atoms with Crippen molar-refractivity contribution < 1.29 is 19.4 Å². The molecule has 1 fully saturated rings. The van der Waals surface area contributed by atoms with Gasteiger partial charge in [-0.15, -0.1) is 0 Å². The van der Waals surface area contributed by atoms with E-state index in [1.165, 1.54) is 0 Å². The van der Waals surface area contributed by atoms with Crippen LogP contribution in [0.2, 0.25) is 10.0 Å². The van der Waals surface area contributed by atoms with E-state index in [4.69, 9.17) is 33.7 Å². The second-order valence-corrected chi connectivity index (χ2v) is 8.70. The van der Waals surface area contributed by atoms with Crippen molar-refractivity contribution in [1.29, 1.82) is 0 Å². The Bertz CT molecular complexity index is 1080. The van der Waals surface area contributed by atoms with Gasteiger partial charge in [-0.2, -0.15) is 0 Å². The van der Waals surface area contributed by atoms with Crippen LogP contribution in [0.5, 0.6) is 0 Å². The quantitative estimate of drug-likeness (QED) is 0.571. The number of fused-ring (bicyclic) bond motifs is 1. The molecule has 9 heteroatoms. The maximum atomic E-state index is 12.6.